The van der Waals surface area contributed by atoms with E-state index in [1.165, 1.54) is 23.7 Å². The van der Waals surface area contributed by atoms with Crippen molar-refractivity contribution < 1.29 is 4.79 Å². The molecule has 0 aliphatic carbocycles. The topological polar surface area (TPSA) is 103 Å². The van der Waals surface area contributed by atoms with E-state index in [2.05, 4.69) is 30.5 Å². The van der Waals surface area contributed by atoms with Crippen molar-refractivity contribution in [3.8, 4) is 0 Å². The Kier molecular flexibility index (Phi) is 3.81. The number of rotatable bonds is 6. The number of aromatic nitrogens is 7. The lowest BCUT2D eigenvalue weighted by molar-refractivity contribution is -0.121. The average molecular weight is 286 g/mol. The number of hydrogen-bond donors (Lipinski definition) is 1. The van der Waals surface area contributed by atoms with Crippen molar-refractivity contribution >= 4 is 11.7 Å². The van der Waals surface area contributed by atoms with Crippen molar-refractivity contribution in [1.29, 1.82) is 0 Å². The molecule has 21 heavy (non-hydrogen) atoms. The van der Waals surface area contributed by atoms with Gasteiger partial charge in [-0.1, -0.05) is 0 Å². The zero-order chi connectivity index (χ0) is 14.5. The second-order valence-electron chi connectivity index (χ2n) is 4.51. The maximum atomic E-state index is 11.6. The monoisotopic (exact) mass is 286 g/mol. The largest absolute Gasteiger partial charge is 0.354 e. The first-order valence-corrected chi connectivity index (χ1v) is 6.54. The summed E-state index contributed by atoms with van der Waals surface area (Å²) in [5, 5.41) is 10.8. The van der Waals surface area contributed by atoms with E-state index >= 15 is 0 Å². The third kappa shape index (κ3) is 3.38. The molecular formula is C12H14N8O. The summed E-state index contributed by atoms with van der Waals surface area (Å²) in [7, 11) is 0. The highest BCUT2D eigenvalue weighted by Crippen LogP contribution is 2.02. The summed E-state index contributed by atoms with van der Waals surface area (Å²) >= 11 is 0. The van der Waals surface area contributed by atoms with Gasteiger partial charge >= 0.3 is 0 Å². The number of nitrogens with one attached hydrogen (secondary N) is 1. The highest BCUT2D eigenvalue weighted by atomic mass is 16.2. The van der Waals surface area contributed by atoms with Gasteiger partial charge in [0.15, 0.2) is 0 Å². The summed E-state index contributed by atoms with van der Waals surface area (Å²) in [6.07, 6.45) is 9.70. The molecule has 0 unspecified atom stereocenters. The summed E-state index contributed by atoms with van der Waals surface area (Å²) < 4.78 is 3.12. The molecule has 0 aliphatic heterocycles. The standard InChI is InChI=1S/C12H14N8O/c21-11(6-19-9-13-7-17-19)14-3-1-2-10-4-15-12-16-8-18-20(12)5-10/h4-5,7-9H,1-3,6H2,(H,14,21). The quantitative estimate of drug-likeness (QED) is 0.611. The molecule has 9 nitrogen and oxygen atoms in total. The Bertz CT molecular complexity index is 720. The van der Waals surface area contributed by atoms with Crippen LogP contribution in [-0.4, -0.2) is 46.8 Å². The van der Waals surface area contributed by atoms with Gasteiger partial charge in [-0.2, -0.15) is 15.2 Å². The fourth-order valence-electron chi connectivity index (χ4n) is 1.93. The first-order chi connectivity index (χ1) is 10.3. The van der Waals surface area contributed by atoms with Gasteiger partial charge in [-0.15, -0.1) is 0 Å². The Morgan fingerprint density at radius 2 is 2.19 bits per heavy atom. The molecule has 3 rings (SSSR count). The van der Waals surface area contributed by atoms with Gasteiger partial charge in [0, 0.05) is 18.9 Å². The summed E-state index contributed by atoms with van der Waals surface area (Å²) in [5.74, 6) is 0.505. The van der Waals surface area contributed by atoms with E-state index in [0.29, 0.717) is 12.3 Å². The molecule has 0 fully saturated rings. The second-order valence-corrected chi connectivity index (χ2v) is 4.51. The van der Waals surface area contributed by atoms with Gasteiger partial charge in [-0.25, -0.2) is 19.2 Å². The predicted molar refractivity (Wildman–Crippen MR) is 72.1 cm³/mol. The van der Waals surface area contributed by atoms with E-state index < -0.39 is 0 Å². The number of carbonyl (C=O) groups excluding carboxylic acids is 1. The number of aryl methyl sites for hydroxylation is 1. The minimum absolute atomic E-state index is 0.0784. The van der Waals surface area contributed by atoms with Crippen LogP contribution in [0.1, 0.15) is 12.0 Å². The highest BCUT2D eigenvalue weighted by Gasteiger charge is 2.03. The molecule has 1 amide bonds. The van der Waals surface area contributed by atoms with Crippen LogP contribution in [0.25, 0.3) is 5.78 Å². The van der Waals surface area contributed by atoms with E-state index in [1.807, 2.05) is 6.20 Å². The van der Waals surface area contributed by atoms with E-state index in [0.717, 1.165) is 18.4 Å². The number of amides is 1. The zero-order valence-corrected chi connectivity index (χ0v) is 11.3. The lowest BCUT2D eigenvalue weighted by Gasteiger charge is -2.05. The van der Waals surface area contributed by atoms with Gasteiger partial charge < -0.3 is 5.32 Å². The first-order valence-electron chi connectivity index (χ1n) is 6.54. The summed E-state index contributed by atoms with van der Waals surface area (Å²) in [5.41, 5.74) is 1.05. The van der Waals surface area contributed by atoms with E-state index in [4.69, 9.17) is 0 Å². The SMILES string of the molecule is O=C(Cn1cncn1)NCCCc1cnc2ncnn2c1. The Morgan fingerprint density at radius 3 is 3.05 bits per heavy atom. The molecule has 0 bridgehead atoms. The smallest absolute Gasteiger partial charge is 0.252 e. The molecule has 9 heteroatoms. The van der Waals surface area contributed by atoms with Crippen molar-refractivity contribution in [2.45, 2.75) is 19.4 Å². The molecule has 0 saturated heterocycles. The van der Waals surface area contributed by atoms with Crippen LogP contribution in [0.4, 0.5) is 0 Å². The number of fused-ring (bicyclic) bond motifs is 1. The Morgan fingerprint density at radius 1 is 1.24 bits per heavy atom. The predicted octanol–water partition coefficient (Wildman–Crippen LogP) is -0.535. The van der Waals surface area contributed by atoms with Crippen molar-refractivity contribution in [2.24, 2.45) is 0 Å². The number of carbonyl (C=O) groups is 1. The van der Waals surface area contributed by atoms with Crippen LogP contribution in [0, 0.1) is 0 Å². The Labute approximate surface area is 120 Å². The number of hydrogen-bond acceptors (Lipinski definition) is 6. The molecule has 1 N–H and O–H groups in total. The van der Waals surface area contributed by atoms with Gasteiger partial charge in [-0.3, -0.25) is 4.79 Å². The highest BCUT2D eigenvalue weighted by molar-refractivity contribution is 5.75. The maximum absolute atomic E-state index is 11.6. The minimum atomic E-state index is -0.0784. The van der Waals surface area contributed by atoms with Crippen molar-refractivity contribution in [3.63, 3.8) is 0 Å². The summed E-state index contributed by atoms with van der Waals surface area (Å²) in [4.78, 5) is 23.6. The number of nitrogens with zero attached hydrogens (tertiary/aromatic N) is 7. The molecule has 0 aromatic carbocycles. The van der Waals surface area contributed by atoms with Crippen LogP contribution in [0.15, 0.2) is 31.4 Å². The lowest BCUT2D eigenvalue weighted by Crippen LogP contribution is -2.28. The van der Waals surface area contributed by atoms with E-state index in [9.17, 15) is 4.79 Å². The Balaban J connectivity index is 1.42. The van der Waals surface area contributed by atoms with Gasteiger partial charge in [0.05, 0.1) is 0 Å². The zero-order valence-electron chi connectivity index (χ0n) is 11.3. The van der Waals surface area contributed by atoms with Crippen LogP contribution in [0.2, 0.25) is 0 Å². The van der Waals surface area contributed by atoms with E-state index in [-0.39, 0.29) is 12.5 Å². The molecule has 3 heterocycles. The molecule has 0 radical (unpaired) electrons. The average Bonchev–Trinajstić information content (AvgIpc) is 3.14. The molecule has 3 aromatic heterocycles. The normalized spacial score (nSPS) is 10.9. The molecular weight excluding hydrogens is 272 g/mol. The van der Waals surface area contributed by atoms with Crippen LogP contribution < -0.4 is 5.32 Å². The van der Waals surface area contributed by atoms with E-state index in [1.54, 1.807) is 10.7 Å². The minimum Gasteiger partial charge on any atom is -0.354 e. The first kappa shape index (κ1) is 13.2. The summed E-state index contributed by atoms with van der Waals surface area (Å²) in [6.45, 7) is 0.787. The second kappa shape index (κ2) is 6.07. The van der Waals surface area contributed by atoms with Crippen molar-refractivity contribution in [3.05, 3.63) is 36.9 Å². The molecule has 0 spiro atoms. The fraction of sp³-hybridized carbons (Fsp3) is 0.333. The molecule has 3 aromatic rings. The molecule has 0 aliphatic rings. The molecule has 0 saturated carbocycles. The van der Waals surface area contributed by atoms with Crippen LogP contribution in [-0.2, 0) is 17.8 Å². The summed E-state index contributed by atoms with van der Waals surface area (Å²) in [6, 6.07) is 0. The van der Waals surface area contributed by atoms with Gasteiger partial charge in [0.1, 0.15) is 25.5 Å². The molecule has 108 valence electrons. The Hall–Kier alpha value is -2.84. The molecule has 0 atom stereocenters. The third-order valence-corrected chi connectivity index (χ3v) is 2.92. The van der Waals surface area contributed by atoms with Gasteiger partial charge in [-0.05, 0) is 18.4 Å². The fourth-order valence-corrected chi connectivity index (χ4v) is 1.93. The van der Waals surface area contributed by atoms with Crippen LogP contribution >= 0.6 is 0 Å². The lowest BCUT2D eigenvalue weighted by atomic mass is 10.2. The van der Waals surface area contributed by atoms with Crippen molar-refractivity contribution in [1.82, 2.24) is 39.7 Å². The van der Waals surface area contributed by atoms with Gasteiger partial charge in [0.25, 0.3) is 5.78 Å². The van der Waals surface area contributed by atoms with Crippen LogP contribution in [0.5, 0.6) is 0 Å². The van der Waals surface area contributed by atoms with Crippen molar-refractivity contribution in [2.75, 3.05) is 6.54 Å². The van der Waals surface area contributed by atoms with Crippen LogP contribution in [0.3, 0.4) is 0 Å². The van der Waals surface area contributed by atoms with Gasteiger partial charge in [0.2, 0.25) is 5.91 Å². The third-order valence-electron chi connectivity index (χ3n) is 2.92. The maximum Gasteiger partial charge on any atom is 0.252 e.